The summed E-state index contributed by atoms with van der Waals surface area (Å²) in [5.74, 6) is -2.17. The molecule has 0 heterocycles. The van der Waals surface area contributed by atoms with Gasteiger partial charge in [0.05, 0.1) is 11.3 Å². The number of carbonyl (C=O) groups excluding carboxylic acids is 1. The van der Waals surface area contributed by atoms with E-state index in [0.29, 0.717) is 16.1 Å². The molecule has 3 aromatic rings. The maximum absolute atomic E-state index is 12.6. The van der Waals surface area contributed by atoms with Gasteiger partial charge in [-0.15, -0.1) is 0 Å². The fourth-order valence-corrected chi connectivity index (χ4v) is 3.40. The normalized spacial score (nSPS) is 11.5. The number of halogens is 1. The Kier molecular flexibility index (Phi) is 6.99. The molecule has 3 rings (SSSR count). The molecule has 0 saturated heterocycles. The highest BCUT2D eigenvalue weighted by molar-refractivity contribution is 6.30. The number of hydrogen-bond donors (Lipinski definition) is 2. The van der Waals surface area contributed by atoms with Gasteiger partial charge in [-0.05, 0) is 34.9 Å². The van der Waals surface area contributed by atoms with E-state index in [0.717, 1.165) is 5.56 Å². The predicted octanol–water partition coefficient (Wildman–Crippen LogP) is 5.50. The van der Waals surface area contributed by atoms with Gasteiger partial charge in [-0.2, -0.15) is 0 Å². The van der Waals surface area contributed by atoms with Crippen molar-refractivity contribution in [3.8, 4) is 11.1 Å². The molecule has 8 heteroatoms. The molecule has 3 aromatic carbocycles. The van der Waals surface area contributed by atoms with Crippen molar-refractivity contribution in [2.75, 3.05) is 5.32 Å². The summed E-state index contributed by atoms with van der Waals surface area (Å²) in [7, 11) is 0. The van der Waals surface area contributed by atoms with E-state index < -0.39 is 22.7 Å². The average Bonchev–Trinajstić information content (AvgIpc) is 2.74. The zero-order valence-electron chi connectivity index (χ0n) is 16.3. The van der Waals surface area contributed by atoms with E-state index in [1.165, 1.54) is 12.1 Å². The topological polar surface area (TPSA) is 110 Å². The molecule has 0 aromatic heterocycles. The minimum absolute atomic E-state index is 0.0554. The van der Waals surface area contributed by atoms with Crippen LogP contribution in [0, 0.1) is 10.1 Å². The van der Waals surface area contributed by atoms with Crippen LogP contribution in [-0.2, 0) is 9.59 Å². The van der Waals surface area contributed by atoms with Crippen LogP contribution in [0.2, 0.25) is 5.02 Å². The van der Waals surface area contributed by atoms with Crippen LogP contribution in [0.15, 0.2) is 72.8 Å². The first-order valence-electron chi connectivity index (χ1n) is 9.44. The quantitative estimate of drug-likeness (QED) is 0.356. The van der Waals surface area contributed by atoms with Gasteiger partial charge in [-0.1, -0.05) is 60.1 Å². The molecule has 1 amide bonds. The number of rotatable bonds is 8. The van der Waals surface area contributed by atoms with Crippen molar-refractivity contribution >= 4 is 34.9 Å². The fraction of sp³-hybridized carbons (Fsp3) is 0.130. The summed E-state index contributed by atoms with van der Waals surface area (Å²) in [5.41, 5.74) is 1.93. The molecule has 7 nitrogen and oxygen atoms in total. The van der Waals surface area contributed by atoms with Crippen LogP contribution in [0.4, 0.5) is 11.4 Å². The van der Waals surface area contributed by atoms with Crippen molar-refractivity contribution in [1.82, 2.24) is 0 Å². The maximum Gasteiger partial charge on any atom is 0.303 e. The van der Waals surface area contributed by atoms with Gasteiger partial charge in [0, 0.05) is 23.4 Å². The van der Waals surface area contributed by atoms with E-state index >= 15 is 0 Å². The minimum atomic E-state index is -1.05. The molecule has 0 fully saturated rings. The molecule has 1 atom stereocenters. The molecule has 0 bridgehead atoms. The molecule has 0 aliphatic rings. The third kappa shape index (κ3) is 5.90. The van der Waals surface area contributed by atoms with Crippen LogP contribution in [0.5, 0.6) is 0 Å². The standard InChI is InChI=1S/C23H19ClN2O5/c24-19-9-6-16(7-10-19)18(14-23(28)29)13-22(27)25-20-11-8-17(12-21(20)26(30)31)15-4-2-1-3-5-15/h1-12,18H,13-14H2,(H,25,27)(H,28,29). The monoisotopic (exact) mass is 438 g/mol. The van der Waals surface area contributed by atoms with Gasteiger partial charge in [0.25, 0.3) is 5.69 Å². The number of amides is 1. The Hall–Kier alpha value is -3.71. The molecule has 0 aliphatic heterocycles. The highest BCUT2D eigenvalue weighted by atomic mass is 35.5. The summed E-state index contributed by atoms with van der Waals surface area (Å²) in [6, 6.07) is 20.3. The zero-order chi connectivity index (χ0) is 22.4. The van der Waals surface area contributed by atoms with Gasteiger partial charge in [0.2, 0.25) is 5.91 Å². The van der Waals surface area contributed by atoms with Crippen molar-refractivity contribution in [2.45, 2.75) is 18.8 Å². The summed E-state index contributed by atoms with van der Waals surface area (Å²) in [4.78, 5) is 34.9. The lowest BCUT2D eigenvalue weighted by molar-refractivity contribution is -0.383. The van der Waals surface area contributed by atoms with Crippen molar-refractivity contribution < 1.29 is 19.6 Å². The average molecular weight is 439 g/mol. The van der Waals surface area contributed by atoms with Crippen molar-refractivity contribution in [1.29, 1.82) is 0 Å². The Balaban J connectivity index is 1.81. The van der Waals surface area contributed by atoms with Crippen molar-refractivity contribution in [3.63, 3.8) is 0 Å². The molecule has 1 unspecified atom stereocenters. The Morgan fingerprint density at radius 3 is 2.26 bits per heavy atom. The summed E-state index contributed by atoms with van der Waals surface area (Å²) in [6.45, 7) is 0. The highest BCUT2D eigenvalue weighted by Crippen LogP contribution is 2.32. The van der Waals surface area contributed by atoms with Gasteiger partial charge >= 0.3 is 5.97 Å². The number of benzene rings is 3. The third-order valence-electron chi connectivity index (χ3n) is 4.77. The summed E-state index contributed by atoms with van der Waals surface area (Å²) >= 11 is 5.88. The van der Waals surface area contributed by atoms with Gasteiger partial charge < -0.3 is 10.4 Å². The first-order valence-corrected chi connectivity index (χ1v) is 9.82. The smallest absolute Gasteiger partial charge is 0.303 e. The first kappa shape index (κ1) is 22.0. The number of carboxylic acids is 1. The second-order valence-corrected chi connectivity index (χ2v) is 7.39. The lowest BCUT2D eigenvalue weighted by Crippen LogP contribution is -2.18. The molecule has 0 aliphatic carbocycles. The van der Waals surface area contributed by atoms with Gasteiger partial charge in [-0.25, -0.2) is 0 Å². The number of aliphatic carboxylic acids is 1. The molecular weight excluding hydrogens is 420 g/mol. The van der Waals surface area contributed by atoms with Crippen LogP contribution < -0.4 is 5.32 Å². The number of nitro groups is 1. The molecule has 0 radical (unpaired) electrons. The van der Waals surface area contributed by atoms with Crippen LogP contribution in [0.1, 0.15) is 24.3 Å². The number of hydrogen-bond acceptors (Lipinski definition) is 4. The summed E-state index contributed by atoms with van der Waals surface area (Å²) in [6.07, 6.45) is -0.407. The maximum atomic E-state index is 12.6. The lowest BCUT2D eigenvalue weighted by atomic mass is 9.92. The van der Waals surface area contributed by atoms with Gasteiger partial charge in [-0.3, -0.25) is 19.7 Å². The van der Waals surface area contributed by atoms with E-state index in [9.17, 15) is 24.8 Å². The molecular formula is C23H19ClN2O5. The Morgan fingerprint density at radius 2 is 1.65 bits per heavy atom. The van der Waals surface area contributed by atoms with Crippen LogP contribution in [0.3, 0.4) is 0 Å². The number of nitrogens with one attached hydrogen (secondary N) is 1. The largest absolute Gasteiger partial charge is 0.481 e. The van der Waals surface area contributed by atoms with Crippen molar-refractivity contribution in [2.24, 2.45) is 0 Å². The Labute approximate surface area is 183 Å². The lowest BCUT2D eigenvalue weighted by Gasteiger charge is -2.16. The Bertz CT molecular complexity index is 1100. The summed E-state index contributed by atoms with van der Waals surface area (Å²) in [5, 5.41) is 23.8. The first-order chi connectivity index (χ1) is 14.8. The number of carboxylic acid groups (broad SMARTS) is 1. The van der Waals surface area contributed by atoms with E-state index in [1.54, 1.807) is 30.3 Å². The number of anilines is 1. The SMILES string of the molecule is O=C(O)CC(CC(=O)Nc1ccc(-c2ccccc2)cc1[N+](=O)[O-])c1ccc(Cl)cc1. The van der Waals surface area contributed by atoms with E-state index in [-0.39, 0.29) is 24.2 Å². The molecule has 158 valence electrons. The van der Waals surface area contributed by atoms with E-state index in [1.807, 2.05) is 30.3 Å². The van der Waals surface area contributed by atoms with E-state index in [4.69, 9.17) is 11.6 Å². The van der Waals surface area contributed by atoms with Gasteiger partial charge in [0.1, 0.15) is 5.69 Å². The van der Waals surface area contributed by atoms with Crippen molar-refractivity contribution in [3.05, 3.63) is 93.5 Å². The van der Waals surface area contributed by atoms with Crippen LogP contribution >= 0.6 is 11.6 Å². The Morgan fingerprint density at radius 1 is 0.968 bits per heavy atom. The molecule has 0 saturated carbocycles. The molecule has 31 heavy (non-hydrogen) atoms. The number of nitro benzene ring substituents is 1. The van der Waals surface area contributed by atoms with Crippen LogP contribution in [-0.4, -0.2) is 21.9 Å². The third-order valence-corrected chi connectivity index (χ3v) is 5.02. The fourth-order valence-electron chi connectivity index (χ4n) is 3.28. The van der Waals surface area contributed by atoms with Crippen LogP contribution in [0.25, 0.3) is 11.1 Å². The highest BCUT2D eigenvalue weighted by Gasteiger charge is 2.22. The predicted molar refractivity (Wildman–Crippen MR) is 118 cm³/mol. The second-order valence-electron chi connectivity index (χ2n) is 6.95. The second kappa shape index (κ2) is 9.86. The molecule has 0 spiro atoms. The minimum Gasteiger partial charge on any atom is -0.481 e. The summed E-state index contributed by atoms with van der Waals surface area (Å²) < 4.78 is 0. The number of carbonyl (C=O) groups is 2. The van der Waals surface area contributed by atoms with Gasteiger partial charge in [0.15, 0.2) is 0 Å². The zero-order valence-corrected chi connectivity index (χ0v) is 17.1. The van der Waals surface area contributed by atoms with E-state index in [2.05, 4.69) is 5.32 Å². The number of nitrogens with zero attached hydrogens (tertiary/aromatic N) is 1. The molecule has 2 N–H and O–H groups in total.